The molecule has 0 aliphatic carbocycles. The second kappa shape index (κ2) is 7.64. The molecule has 2 aromatic carbocycles. The van der Waals surface area contributed by atoms with E-state index in [-0.39, 0.29) is 18.4 Å². The van der Waals surface area contributed by atoms with Crippen LogP contribution in [0.5, 0.6) is 0 Å². The first-order chi connectivity index (χ1) is 11.3. The smallest absolute Gasteiger partial charge is 0.253 e. The van der Waals surface area contributed by atoms with E-state index < -0.39 is 0 Å². The standard InChI is InChI=1S/C19H23N3O2/c1-13-9-14(2)11-17(10-13)21-18(23)12-20-16-7-5-15(6-8-16)19(24)22(3)4/h5-11,20H,12H2,1-4H3,(H,21,23). The number of nitrogens with zero attached hydrogens (tertiary/aromatic N) is 1. The summed E-state index contributed by atoms with van der Waals surface area (Å²) in [6, 6.07) is 13.0. The van der Waals surface area contributed by atoms with Gasteiger partial charge in [-0.2, -0.15) is 0 Å². The van der Waals surface area contributed by atoms with E-state index in [2.05, 4.69) is 16.7 Å². The fourth-order valence-electron chi connectivity index (χ4n) is 2.42. The van der Waals surface area contributed by atoms with Crippen molar-refractivity contribution in [1.29, 1.82) is 0 Å². The maximum Gasteiger partial charge on any atom is 0.253 e. The zero-order valence-corrected chi connectivity index (χ0v) is 14.5. The largest absolute Gasteiger partial charge is 0.376 e. The van der Waals surface area contributed by atoms with Crippen LogP contribution in [0.4, 0.5) is 11.4 Å². The van der Waals surface area contributed by atoms with Crippen LogP contribution in [0.15, 0.2) is 42.5 Å². The highest BCUT2D eigenvalue weighted by atomic mass is 16.2. The normalized spacial score (nSPS) is 10.2. The SMILES string of the molecule is Cc1cc(C)cc(NC(=O)CNc2ccc(C(=O)N(C)C)cc2)c1. The van der Waals surface area contributed by atoms with Gasteiger partial charge in [0, 0.05) is 31.0 Å². The fourth-order valence-corrected chi connectivity index (χ4v) is 2.42. The lowest BCUT2D eigenvalue weighted by atomic mass is 10.1. The van der Waals surface area contributed by atoms with Gasteiger partial charge in [0.05, 0.1) is 6.54 Å². The predicted molar refractivity (Wildman–Crippen MR) is 97.5 cm³/mol. The minimum absolute atomic E-state index is 0.0471. The summed E-state index contributed by atoms with van der Waals surface area (Å²) in [6.45, 7) is 4.16. The van der Waals surface area contributed by atoms with Gasteiger partial charge in [-0.15, -0.1) is 0 Å². The van der Waals surface area contributed by atoms with Gasteiger partial charge >= 0.3 is 0 Å². The molecule has 5 nitrogen and oxygen atoms in total. The molecule has 0 aliphatic heterocycles. The topological polar surface area (TPSA) is 61.4 Å². The summed E-state index contributed by atoms with van der Waals surface area (Å²) in [5.74, 6) is -0.164. The summed E-state index contributed by atoms with van der Waals surface area (Å²) in [7, 11) is 3.43. The number of aryl methyl sites for hydroxylation is 2. The molecule has 0 unspecified atom stereocenters. The summed E-state index contributed by atoms with van der Waals surface area (Å²) >= 11 is 0. The van der Waals surface area contributed by atoms with E-state index in [4.69, 9.17) is 0 Å². The van der Waals surface area contributed by atoms with Crippen molar-refractivity contribution in [3.63, 3.8) is 0 Å². The Morgan fingerprint density at radius 3 is 2.04 bits per heavy atom. The van der Waals surface area contributed by atoms with Crippen molar-refractivity contribution in [3.8, 4) is 0 Å². The fraction of sp³-hybridized carbons (Fsp3) is 0.263. The predicted octanol–water partition coefficient (Wildman–Crippen LogP) is 3.06. The summed E-state index contributed by atoms with van der Waals surface area (Å²) in [5.41, 5.74) is 4.43. The van der Waals surface area contributed by atoms with E-state index in [1.54, 1.807) is 38.4 Å². The average molecular weight is 325 g/mol. The molecule has 0 radical (unpaired) electrons. The van der Waals surface area contributed by atoms with Crippen molar-refractivity contribution in [1.82, 2.24) is 4.90 Å². The van der Waals surface area contributed by atoms with Crippen LogP contribution in [-0.2, 0) is 4.79 Å². The van der Waals surface area contributed by atoms with Crippen molar-refractivity contribution in [2.75, 3.05) is 31.3 Å². The Kier molecular flexibility index (Phi) is 5.58. The second-order valence-electron chi connectivity index (χ2n) is 6.06. The lowest BCUT2D eigenvalue weighted by Crippen LogP contribution is -2.22. The van der Waals surface area contributed by atoms with Crippen molar-refractivity contribution in [2.24, 2.45) is 0 Å². The molecule has 0 atom stereocenters. The molecule has 2 N–H and O–H groups in total. The summed E-state index contributed by atoms with van der Waals surface area (Å²) in [4.78, 5) is 25.4. The highest BCUT2D eigenvalue weighted by Crippen LogP contribution is 2.14. The van der Waals surface area contributed by atoms with Crippen LogP contribution in [-0.4, -0.2) is 37.4 Å². The number of anilines is 2. The zero-order valence-electron chi connectivity index (χ0n) is 14.5. The lowest BCUT2D eigenvalue weighted by Gasteiger charge is -2.12. The molecule has 0 bridgehead atoms. The Labute approximate surface area is 142 Å². The van der Waals surface area contributed by atoms with Crippen molar-refractivity contribution in [3.05, 3.63) is 59.2 Å². The lowest BCUT2D eigenvalue weighted by molar-refractivity contribution is -0.114. The molecule has 126 valence electrons. The Bertz CT molecular complexity index is 717. The quantitative estimate of drug-likeness (QED) is 0.888. The number of hydrogen-bond donors (Lipinski definition) is 2. The number of carbonyl (C=O) groups excluding carboxylic acids is 2. The van der Waals surface area contributed by atoms with E-state index in [9.17, 15) is 9.59 Å². The van der Waals surface area contributed by atoms with Crippen molar-refractivity contribution < 1.29 is 9.59 Å². The Hall–Kier alpha value is -2.82. The molecule has 2 rings (SSSR count). The molecule has 5 heteroatoms. The molecule has 2 aromatic rings. The van der Waals surface area contributed by atoms with Crippen LogP contribution in [0.1, 0.15) is 21.5 Å². The van der Waals surface area contributed by atoms with Gasteiger partial charge in [-0.25, -0.2) is 0 Å². The molecule has 0 saturated heterocycles. The van der Waals surface area contributed by atoms with Gasteiger partial charge < -0.3 is 15.5 Å². The van der Waals surface area contributed by atoms with Crippen LogP contribution in [0.3, 0.4) is 0 Å². The highest BCUT2D eigenvalue weighted by molar-refractivity contribution is 5.95. The molecule has 0 aromatic heterocycles. The minimum atomic E-state index is -0.117. The second-order valence-corrected chi connectivity index (χ2v) is 6.06. The van der Waals surface area contributed by atoms with Gasteiger partial charge in [-0.05, 0) is 61.4 Å². The van der Waals surface area contributed by atoms with Crippen molar-refractivity contribution >= 4 is 23.2 Å². The summed E-state index contributed by atoms with van der Waals surface area (Å²) < 4.78 is 0. The number of nitrogens with one attached hydrogen (secondary N) is 2. The number of carbonyl (C=O) groups is 2. The number of rotatable bonds is 5. The summed E-state index contributed by atoms with van der Waals surface area (Å²) in [5, 5.41) is 5.93. The van der Waals surface area contributed by atoms with E-state index in [0.29, 0.717) is 5.56 Å². The first-order valence-corrected chi connectivity index (χ1v) is 7.79. The highest BCUT2D eigenvalue weighted by Gasteiger charge is 2.08. The number of amides is 2. The molecule has 0 aliphatic rings. The molecular formula is C19H23N3O2. The Balaban J connectivity index is 1.90. The molecule has 24 heavy (non-hydrogen) atoms. The van der Waals surface area contributed by atoms with E-state index in [0.717, 1.165) is 22.5 Å². The van der Waals surface area contributed by atoms with Crippen LogP contribution >= 0.6 is 0 Å². The zero-order chi connectivity index (χ0) is 17.7. The summed E-state index contributed by atoms with van der Waals surface area (Å²) in [6.07, 6.45) is 0. The third-order valence-corrected chi connectivity index (χ3v) is 3.50. The Morgan fingerprint density at radius 2 is 1.50 bits per heavy atom. The molecule has 0 fully saturated rings. The van der Waals surface area contributed by atoms with Crippen LogP contribution < -0.4 is 10.6 Å². The minimum Gasteiger partial charge on any atom is -0.376 e. The molecule has 0 spiro atoms. The monoisotopic (exact) mass is 325 g/mol. The average Bonchev–Trinajstić information content (AvgIpc) is 2.51. The number of benzene rings is 2. The van der Waals surface area contributed by atoms with Crippen LogP contribution in [0, 0.1) is 13.8 Å². The molecule has 0 heterocycles. The van der Waals surface area contributed by atoms with Gasteiger partial charge in [0.15, 0.2) is 0 Å². The first kappa shape index (κ1) is 17.5. The third-order valence-electron chi connectivity index (χ3n) is 3.50. The first-order valence-electron chi connectivity index (χ1n) is 7.79. The van der Waals surface area contributed by atoms with Gasteiger partial charge in [0.25, 0.3) is 5.91 Å². The van der Waals surface area contributed by atoms with Gasteiger partial charge in [-0.3, -0.25) is 9.59 Å². The number of hydrogen-bond acceptors (Lipinski definition) is 3. The van der Waals surface area contributed by atoms with Gasteiger partial charge in [0.2, 0.25) is 5.91 Å². The molecule has 2 amide bonds. The van der Waals surface area contributed by atoms with E-state index in [1.807, 2.05) is 26.0 Å². The van der Waals surface area contributed by atoms with Crippen LogP contribution in [0.25, 0.3) is 0 Å². The molecule has 0 saturated carbocycles. The van der Waals surface area contributed by atoms with Gasteiger partial charge in [-0.1, -0.05) is 6.07 Å². The Morgan fingerprint density at radius 1 is 0.917 bits per heavy atom. The maximum absolute atomic E-state index is 12.0. The van der Waals surface area contributed by atoms with Crippen LogP contribution in [0.2, 0.25) is 0 Å². The van der Waals surface area contributed by atoms with Crippen molar-refractivity contribution in [2.45, 2.75) is 13.8 Å². The maximum atomic E-state index is 12.0. The van der Waals surface area contributed by atoms with E-state index >= 15 is 0 Å². The molecular weight excluding hydrogens is 302 g/mol. The van der Waals surface area contributed by atoms with E-state index in [1.165, 1.54) is 4.90 Å². The third kappa shape index (κ3) is 4.84. The van der Waals surface area contributed by atoms with Gasteiger partial charge in [0.1, 0.15) is 0 Å².